The van der Waals surface area contributed by atoms with Crippen LogP contribution in [0.25, 0.3) is 0 Å². The van der Waals surface area contributed by atoms with Crippen molar-refractivity contribution in [2.24, 2.45) is 5.92 Å². The van der Waals surface area contributed by atoms with E-state index in [1.165, 1.54) is 96.8 Å². The number of phosphoric ester groups is 1. The monoisotopic (exact) mass is 521 g/mol. The number of ether oxygens (including phenoxy) is 1. The average molecular weight is 522 g/mol. The predicted molar refractivity (Wildman–Crippen MR) is 144 cm³/mol. The highest BCUT2D eigenvalue weighted by Crippen LogP contribution is 2.39. The molecule has 35 heavy (non-hydrogen) atoms. The van der Waals surface area contributed by atoms with E-state index in [2.05, 4.69) is 6.92 Å². The molecule has 0 heterocycles. The van der Waals surface area contributed by atoms with Crippen LogP contribution >= 0.6 is 7.82 Å². The van der Waals surface area contributed by atoms with E-state index in [4.69, 9.17) is 9.26 Å². The second-order valence-electron chi connectivity index (χ2n) is 10.5. The third kappa shape index (κ3) is 26.4. The van der Waals surface area contributed by atoms with Crippen molar-refractivity contribution in [2.75, 3.05) is 27.2 Å². The van der Waals surface area contributed by atoms with Gasteiger partial charge in [-0.25, -0.2) is 4.57 Å². The van der Waals surface area contributed by atoms with Crippen molar-refractivity contribution in [1.82, 2.24) is 4.90 Å². The second kappa shape index (κ2) is 22.7. The van der Waals surface area contributed by atoms with Crippen LogP contribution in [0.3, 0.4) is 0 Å². The maximum Gasteiger partial charge on any atom is 0.469 e. The summed E-state index contributed by atoms with van der Waals surface area (Å²) in [5.41, 5.74) is 0. The molecule has 0 aliphatic heterocycles. The summed E-state index contributed by atoms with van der Waals surface area (Å²) in [5.74, 6) is -0.302. The summed E-state index contributed by atoms with van der Waals surface area (Å²) in [6, 6.07) is 0. The van der Waals surface area contributed by atoms with Crippen molar-refractivity contribution in [3.05, 3.63) is 0 Å². The number of hydrogen-bond donors (Lipinski definition) is 2. The van der Waals surface area contributed by atoms with Gasteiger partial charge in [0.05, 0.1) is 12.7 Å². The molecule has 0 amide bonds. The van der Waals surface area contributed by atoms with Gasteiger partial charge >= 0.3 is 13.8 Å². The highest BCUT2D eigenvalue weighted by molar-refractivity contribution is 7.46. The average Bonchev–Trinajstić information content (AvgIpc) is 2.75. The third-order valence-electron chi connectivity index (χ3n) is 6.44. The highest BCUT2D eigenvalue weighted by Gasteiger charge is 2.26. The van der Waals surface area contributed by atoms with E-state index in [9.17, 15) is 19.1 Å². The number of rotatable bonds is 25. The van der Waals surface area contributed by atoms with Gasteiger partial charge in [-0.05, 0) is 32.9 Å². The molecule has 7 nitrogen and oxygen atoms in total. The minimum absolute atomic E-state index is 0.0297. The molecule has 0 aromatic carbocycles. The van der Waals surface area contributed by atoms with Crippen LogP contribution in [-0.2, 0) is 18.6 Å². The van der Waals surface area contributed by atoms with Gasteiger partial charge in [-0.3, -0.25) is 9.32 Å². The zero-order valence-corrected chi connectivity index (χ0v) is 24.1. The highest BCUT2D eigenvalue weighted by atomic mass is 31.2. The lowest BCUT2D eigenvalue weighted by atomic mass is 9.95. The number of unbranched alkanes of at least 4 members (excludes halogenated alkanes) is 15. The molecule has 2 N–H and O–H groups in total. The molecule has 0 rings (SSSR count). The van der Waals surface area contributed by atoms with Crippen molar-refractivity contribution in [1.29, 1.82) is 0 Å². The Morgan fingerprint density at radius 1 is 0.800 bits per heavy atom. The molecular weight excluding hydrogens is 465 g/mol. The van der Waals surface area contributed by atoms with Gasteiger partial charge in [0.25, 0.3) is 0 Å². The first-order valence-electron chi connectivity index (χ1n) is 14.2. The Hall–Kier alpha value is -0.460. The number of hydrogen-bond acceptors (Lipinski definition) is 5. The Kier molecular flexibility index (Phi) is 22.4. The molecule has 8 heteroatoms. The Morgan fingerprint density at radius 3 is 1.60 bits per heavy atom. The molecule has 0 fully saturated rings. The summed E-state index contributed by atoms with van der Waals surface area (Å²) in [6.07, 6.45) is 21.8. The number of likely N-dealkylation sites (N-methyl/N-ethyl adjacent to an activating group) is 1. The van der Waals surface area contributed by atoms with Crippen LogP contribution in [0.2, 0.25) is 0 Å². The van der Waals surface area contributed by atoms with Crippen LogP contribution in [0.15, 0.2) is 0 Å². The second-order valence-corrected chi connectivity index (χ2v) is 11.7. The number of phosphoric acid groups is 1. The molecule has 0 aromatic rings. The van der Waals surface area contributed by atoms with Crippen molar-refractivity contribution in [2.45, 2.75) is 136 Å². The van der Waals surface area contributed by atoms with Gasteiger partial charge in [0.1, 0.15) is 0 Å². The first kappa shape index (κ1) is 34.5. The summed E-state index contributed by atoms with van der Waals surface area (Å²) in [4.78, 5) is 31.6. The summed E-state index contributed by atoms with van der Waals surface area (Å²) in [6.45, 7) is 4.32. The van der Waals surface area contributed by atoms with Crippen LogP contribution in [0, 0.1) is 5.92 Å². The minimum atomic E-state index is -4.57. The number of esters is 1. The fraction of sp³-hybridized carbons (Fsp3) is 0.963. The molecule has 0 spiro atoms. The topological polar surface area (TPSA) is 96.3 Å². The van der Waals surface area contributed by atoms with Crippen LogP contribution in [-0.4, -0.2) is 54.0 Å². The van der Waals surface area contributed by atoms with E-state index >= 15 is 0 Å². The lowest BCUT2D eigenvalue weighted by Gasteiger charge is -2.26. The van der Waals surface area contributed by atoms with Gasteiger partial charge < -0.3 is 19.4 Å². The van der Waals surface area contributed by atoms with Gasteiger partial charge in [-0.1, -0.05) is 110 Å². The van der Waals surface area contributed by atoms with Crippen molar-refractivity contribution < 1.29 is 28.4 Å². The van der Waals surface area contributed by atoms with Gasteiger partial charge in [-0.15, -0.1) is 0 Å². The van der Waals surface area contributed by atoms with E-state index < -0.39 is 13.9 Å². The Labute approximate surface area is 216 Å². The molecule has 0 aliphatic carbocycles. The van der Waals surface area contributed by atoms with Crippen molar-refractivity contribution in [3.8, 4) is 0 Å². The summed E-state index contributed by atoms with van der Waals surface area (Å²) >= 11 is 0. The predicted octanol–water partition coefficient (Wildman–Crippen LogP) is 7.25. The molecule has 2 unspecified atom stereocenters. The summed E-state index contributed by atoms with van der Waals surface area (Å²) in [7, 11) is -0.891. The van der Waals surface area contributed by atoms with Crippen LogP contribution in [0.4, 0.5) is 0 Å². The number of nitrogens with zero attached hydrogens (tertiary/aromatic N) is 1. The summed E-state index contributed by atoms with van der Waals surface area (Å²) < 4.78 is 21.6. The van der Waals surface area contributed by atoms with Gasteiger partial charge in [-0.2, -0.15) is 0 Å². The smallest absolute Gasteiger partial charge is 0.466 e. The lowest BCUT2D eigenvalue weighted by Crippen LogP contribution is -2.31. The fourth-order valence-corrected chi connectivity index (χ4v) is 5.15. The van der Waals surface area contributed by atoms with E-state index in [1.807, 2.05) is 19.0 Å². The Morgan fingerprint density at radius 2 is 1.23 bits per heavy atom. The largest absolute Gasteiger partial charge is 0.469 e. The number of carbonyl (C=O) groups is 1. The van der Waals surface area contributed by atoms with Crippen molar-refractivity contribution in [3.63, 3.8) is 0 Å². The maximum atomic E-state index is 11.4. The normalized spacial score (nSPS) is 13.8. The first-order chi connectivity index (χ1) is 16.6. The molecular formula is C27H56NO6P. The maximum absolute atomic E-state index is 11.4. The first-order valence-corrected chi connectivity index (χ1v) is 15.7. The van der Waals surface area contributed by atoms with Gasteiger partial charge in [0, 0.05) is 13.5 Å². The SMILES string of the molecule is CCCCCCCCCCCCCCCCCCC(COC(C)=O)CC(CN(C)C)OP(=O)(O)O. The van der Waals surface area contributed by atoms with Crippen molar-refractivity contribution >= 4 is 13.8 Å². The van der Waals surface area contributed by atoms with Crippen LogP contribution in [0.5, 0.6) is 0 Å². The Balaban J connectivity index is 3.97. The van der Waals surface area contributed by atoms with E-state index in [0.717, 1.165) is 19.3 Å². The lowest BCUT2D eigenvalue weighted by molar-refractivity contribution is -0.142. The minimum Gasteiger partial charge on any atom is -0.466 e. The molecule has 210 valence electrons. The molecule has 0 radical (unpaired) electrons. The van der Waals surface area contributed by atoms with Gasteiger partial charge in [0.15, 0.2) is 0 Å². The van der Waals surface area contributed by atoms with Crippen LogP contribution < -0.4 is 0 Å². The molecule has 2 atom stereocenters. The molecule has 0 aromatic heterocycles. The zero-order valence-electron chi connectivity index (χ0n) is 23.2. The zero-order chi connectivity index (χ0) is 26.4. The molecule has 0 aliphatic rings. The standard InChI is InChI=1S/C27H56NO6P/c1-5-6-7-8-9-10-11-12-13-14-15-16-17-18-19-20-21-26(24-33-25(2)29)22-27(23-28(3)4)34-35(30,31)32/h26-27H,5-24H2,1-4H3,(H2,30,31,32). The van der Waals surface area contributed by atoms with E-state index in [-0.39, 0.29) is 18.5 Å². The van der Waals surface area contributed by atoms with Crippen LogP contribution in [0.1, 0.15) is 129 Å². The van der Waals surface area contributed by atoms with E-state index in [1.54, 1.807) is 0 Å². The fourth-order valence-electron chi connectivity index (χ4n) is 4.61. The Bertz CT molecular complexity index is 540. The quantitative estimate of drug-likeness (QED) is 0.0742. The number of carbonyl (C=O) groups excluding carboxylic acids is 1. The molecule has 0 saturated carbocycles. The molecule has 0 saturated heterocycles. The third-order valence-corrected chi connectivity index (χ3v) is 7.01. The van der Waals surface area contributed by atoms with Gasteiger partial charge in [0.2, 0.25) is 0 Å². The molecule has 0 bridgehead atoms. The van der Waals surface area contributed by atoms with E-state index in [0.29, 0.717) is 13.0 Å². The summed E-state index contributed by atoms with van der Waals surface area (Å²) in [5, 5.41) is 0.